The number of benzene rings is 2. The van der Waals surface area contributed by atoms with Gasteiger partial charge in [0.25, 0.3) is 5.91 Å². The van der Waals surface area contributed by atoms with Crippen LogP contribution >= 0.6 is 0 Å². The summed E-state index contributed by atoms with van der Waals surface area (Å²) in [6.07, 6.45) is 0. The predicted octanol–water partition coefficient (Wildman–Crippen LogP) is 3.68. The molecule has 2 aromatic carbocycles. The molecule has 4 aromatic rings. The molecule has 0 unspecified atom stereocenters. The number of esters is 1. The number of ether oxygens (including phenoxy) is 1. The van der Waals surface area contributed by atoms with E-state index in [1.54, 1.807) is 43.3 Å². The Morgan fingerprint density at radius 3 is 2.38 bits per heavy atom. The van der Waals surface area contributed by atoms with E-state index in [-0.39, 0.29) is 11.4 Å². The minimum absolute atomic E-state index is 0.273. The van der Waals surface area contributed by atoms with Crippen molar-refractivity contribution in [2.24, 2.45) is 0 Å². The molecule has 8 nitrogen and oxygen atoms in total. The van der Waals surface area contributed by atoms with Crippen LogP contribution in [0.1, 0.15) is 27.4 Å². The van der Waals surface area contributed by atoms with Gasteiger partial charge in [0.15, 0.2) is 6.61 Å². The average molecular weight is 433 g/mol. The van der Waals surface area contributed by atoms with Crippen molar-refractivity contribution in [2.75, 3.05) is 11.9 Å². The topological polar surface area (TPSA) is 99.0 Å². The minimum atomic E-state index is -0.648. The first-order chi connectivity index (χ1) is 15.3. The Bertz CT molecular complexity index is 1330. The zero-order valence-electron chi connectivity index (χ0n) is 17.7. The van der Waals surface area contributed by atoms with Crippen LogP contribution in [-0.4, -0.2) is 38.2 Å². The highest BCUT2D eigenvalue weighted by molar-refractivity contribution is 5.97. The van der Waals surface area contributed by atoms with E-state index in [1.807, 2.05) is 13.8 Å². The van der Waals surface area contributed by atoms with Crippen LogP contribution in [0.25, 0.3) is 16.7 Å². The molecule has 0 fully saturated rings. The number of rotatable bonds is 5. The molecular formula is C23H20FN5O3. The van der Waals surface area contributed by atoms with Gasteiger partial charge in [-0.3, -0.25) is 4.79 Å². The lowest BCUT2D eigenvalue weighted by atomic mass is 10.2. The molecule has 32 heavy (non-hydrogen) atoms. The lowest BCUT2D eigenvalue weighted by Gasteiger charge is -2.10. The number of hydrogen-bond acceptors (Lipinski definition) is 6. The normalized spacial score (nSPS) is 10.9. The maximum Gasteiger partial charge on any atom is 0.338 e. The third-order valence-electron chi connectivity index (χ3n) is 4.82. The van der Waals surface area contributed by atoms with Crippen molar-refractivity contribution >= 4 is 28.7 Å². The van der Waals surface area contributed by atoms with E-state index in [1.165, 1.54) is 16.8 Å². The van der Waals surface area contributed by atoms with Crippen LogP contribution in [0.4, 0.5) is 10.2 Å². The van der Waals surface area contributed by atoms with Gasteiger partial charge in [-0.15, -0.1) is 0 Å². The first-order valence-corrected chi connectivity index (χ1v) is 9.85. The minimum Gasteiger partial charge on any atom is -0.452 e. The zero-order chi connectivity index (χ0) is 22.8. The predicted molar refractivity (Wildman–Crippen MR) is 116 cm³/mol. The van der Waals surface area contributed by atoms with E-state index in [9.17, 15) is 14.0 Å². The molecule has 4 rings (SSSR count). The molecular weight excluding hydrogens is 413 g/mol. The number of fused-ring (bicyclic) bond motifs is 1. The van der Waals surface area contributed by atoms with Gasteiger partial charge in [0, 0.05) is 6.07 Å². The highest BCUT2D eigenvalue weighted by atomic mass is 19.1. The summed E-state index contributed by atoms with van der Waals surface area (Å²) in [5.41, 5.74) is 4.35. The molecule has 0 aliphatic rings. The summed E-state index contributed by atoms with van der Waals surface area (Å²) in [4.78, 5) is 33.7. The first kappa shape index (κ1) is 21.1. The second kappa shape index (κ2) is 8.54. The smallest absolute Gasteiger partial charge is 0.338 e. The standard InChI is InChI=1S/C23H20FN5O3/c1-13-10-21(29(28-13)18-7-5-17(24)6-8-18)27-22(30)12-32-23(31)16-4-9-19-20(11-16)26-15(3)14(2)25-19/h4-11H,12H2,1-3H3,(H,27,30). The number of amides is 1. The van der Waals surface area contributed by atoms with Crippen LogP contribution < -0.4 is 5.32 Å². The Kier molecular flexibility index (Phi) is 5.63. The van der Waals surface area contributed by atoms with Crippen molar-refractivity contribution in [2.45, 2.75) is 20.8 Å². The lowest BCUT2D eigenvalue weighted by molar-refractivity contribution is -0.119. The molecule has 9 heteroatoms. The number of nitrogens with zero attached hydrogens (tertiary/aromatic N) is 4. The summed E-state index contributed by atoms with van der Waals surface area (Å²) in [5, 5.41) is 6.97. The van der Waals surface area contributed by atoms with E-state index < -0.39 is 18.5 Å². The largest absolute Gasteiger partial charge is 0.452 e. The van der Waals surface area contributed by atoms with Crippen molar-refractivity contribution in [3.63, 3.8) is 0 Å². The van der Waals surface area contributed by atoms with Crippen LogP contribution in [0.3, 0.4) is 0 Å². The number of carbonyl (C=O) groups is 2. The number of aromatic nitrogens is 4. The molecule has 0 atom stereocenters. The Balaban J connectivity index is 1.43. The molecule has 0 radical (unpaired) electrons. The fourth-order valence-corrected chi connectivity index (χ4v) is 3.12. The highest BCUT2D eigenvalue weighted by Gasteiger charge is 2.15. The molecule has 0 aliphatic carbocycles. The molecule has 0 bridgehead atoms. The summed E-state index contributed by atoms with van der Waals surface area (Å²) in [6, 6.07) is 12.2. The van der Waals surface area contributed by atoms with Gasteiger partial charge in [-0.2, -0.15) is 5.10 Å². The van der Waals surface area contributed by atoms with Gasteiger partial charge >= 0.3 is 5.97 Å². The molecule has 0 aliphatic heterocycles. The number of carbonyl (C=O) groups excluding carboxylic acids is 2. The summed E-state index contributed by atoms with van der Waals surface area (Å²) >= 11 is 0. The maximum absolute atomic E-state index is 13.2. The molecule has 1 amide bonds. The van der Waals surface area contributed by atoms with Gasteiger partial charge < -0.3 is 10.1 Å². The number of halogens is 1. The molecule has 1 N–H and O–H groups in total. The second-order valence-electron chi connectivity index (χ2n) is 7.28. The van der Waals surface area contributed by atoms with Crippen LogP contribution in [0.15, 0.2) is 48.5 Å². The Morgan fingerprint density at radius 2 is 1.66 bits per heavy atom. The quantitative estimate of drug-likeness (QED) is 0.482. The van der Waals surface area contributed by atoms with Gasteiger partial charge in [-0.25, -0.2) is 23.8 Å². The second-order valence-corrected chi connectivity index (χ2v) is 7.28. The highest BCUT2D eigenvalue weighted by Crippen LogP contribution is 2.18. The maximum atomic E-state index is 13.2. The lowest BCUT2D eigenvalue weighted by Crippen LogP contribution is -2.22. The number of hydrogen-bond donors (Lipinski definition) is 1. The van der Waals surface area contributed by atoms with E-state index >= 15 is 0 Å². The molecule has 0 spiro atoms. The van der Waals surface area contributed by atoms with Crippen molar-refractivity contribution < 1.29 is 18.7 Å². The molecule has 2 heterocycles. The van der Waals surface area contributed by atoms with E-state index in [4.69, 9.17) is 4.74 Å². The van der Waals surface area contributed by atoms with Crippen LogP contribution in [-0.2, 0) is 9.53 Å². The fourth-order valence-electron chi connectivity index (χ4n) is 3.12. The summed E-state index contributed by atoms with van der Waals surface area (Å²) < 4.78 is 19.8. The summed E-state index contributed by atoms with van der Waals surface area (Å²) in [7, 11) is 0. The molecule has 0 saturated heterocycles. The van der Waals surface area contributed by atoms with Crippen LogP contribution in [0.2, 0.25) is 0 Å². The van der Waals surface area contributed by atoms with E-state index in [2.05, 4.69) is 20.4 Å². The number of anilines is 1. The third kappa shape index (κ3) is 4.46. The third-order valence-corrected chi connectivity index (χ3v) is 4.82. The van der Waals surface area contributed by atoms with Gasteiger partial charge in [0.1, 0.15) is 11.6 Å². The summed E-state index contributed by atoms with van der Waals surface area (Å²) in [6.45, 7) is 4.99. The summed E-state index contributed by atoms with van der Waals surface area (Å²) in [5.74, 6) is -1.18. The molecule has 2 aromatic heterocycles. The SMILES string of the molecule is Cc1cc(NC(=O)COC(=O)c2ccc3nc(C)c(C)nc3c2)n(-c2ccc(F)cc2)n1. The van der Waals surface area contributed by atoms with E-state index in [0.29, 0.717) is 28.2 Å². The van der Waals surface area contributed by atoms with Gasteiger partial charge in [-0.05, 0) is 63.2 Å². The Labute approximate surface area is 183 Å². The van der Waals surface area contributed by atoms with Crippen molar-refractivity contribution in [1.29, 1.82) is 0 Å². The van der Waals surface area contributed by atoms with Crippen LogP contribution in [0, 0.1) is 26.6 Å². The van der Waals surface area contributed by atoms with Crippen molar-refractivity contribution in [1.82, 2.24) is 19.7 Å². The Morgan fingerprint density at radius 1 is 0.969 bits per heavy atom. The van der Waals surface area contributed by atoms with Crippen molar-refractivity contribution in [3.05, 3.63) is 77.0 Å². The monoisotopic (exact) mass is 433 g/mol. The van der Waals surface area contributed by atoms with E-state index in [0.717, 1.165) is 11.4 Å². The van der Waals surface area contributed by atoms with Crippen LogP contribution in [0.5, 0.6) is 0 Å². The average Bonchev–Trinajstić information content (AvgIpc) is 3.13. The fraction of sp³-hybridized carbons (Fsp3) is 0.174. The zero-order valence-corrected chi connectivity index (χ0v) is 17.7. The molecule has 162 valence electrons. The van der Waals surface area contributed by atoms with Gasteiger partial charge in [-0.1, -0.05) is 0 Å². The first-order valence-electron chi connectivity index (χ1n) is 9.85. The molecule has 0 saturated carbocycles. The Hall–Kier alpha value is -4.14. The number of aryl methyl sites for hydroxylation is 3. The van der Waals surface area contributed by atoms with Crippen molar-refractivity contribution in [3.8, 4) is 5.69 Å². The van der Waals surface area contributed by atoms with Gasteiger partial charge in [0.2, 0.25) is 0 Å². The number of nitrogens with one attached hydrogen (secondary N) is 1. The van der Waals surface area contributed by atoms with Gasteiger partial charge in [0.05, 0.1) is 39.4 Å².